The number of carbonyl (C=O) groups excluding carboxylic acids is 1. The quantitative estimate of drug-likeness (QED) is 0.899. The minimum atomic E-state index is -0.112. The Labute approximate surface area is 131 Å². The Balaban J connectivity index is 2.08. The van der Waals surface area contributed by atoms with Crippen LogP contribution >= 0.6 is 27.3 Å². The van der Waals surface area contributed by atoms with Crippen molar-refractivity contribution in [2.24, 2.45) is 0 Å². The van der Waals surface area contributed by atoms with Gasteiger partial charge in [0.2, 0.25) is 0 Å². The summed E-state index contributed by atoms with van der Waals surface area (Å²) < 4.78 is 5.90. The van der Waals surface area contributed by atoms with E-state index in [0.29, 0.717) is 17.9 Å². The smallest absolute Gasteiger partial charge is 0.252 e. The summed E-state index contributed by atoms with van der Waals surface area (Å²) in [5.41, 5.74) is 1.84. The van der Waals surface area contributed by atoms with Crippen LogP contribution in [0.25, 0.3) is 0 Å². The first kappa shape index (κ1) is 15.1. The maximum atomic E-state index is 12.2. The third-order valence-corrected chi connectivity index (χ3v) is 4.90. The average molecular weight is 354 g/mol. The first-order chi connectivity index (χ1) is 9.51. The van der Waals surface area contributed by atoms with E-state index in [2.05, 4.69) is 41.2 Å². The largest absolute Gasteiger partial charge is 0.497 e. The summed E-state index contributed by atoms with van der Waals surface area (Å²) in [4.78, 5) is 14.7. The van der Waals surface area contributed by atoms with Gasteiger partial charge < -0.3 is 10.1 Å². The van der Waals surface area contributed by atoms with Crippen LogP contribution < -0.4 is 10.1 Å². The van der Waals surface area contributed by atoms with Crippen LogP contribution in [0.15, 0.2) is 28.7 Å². The van der Waals surface area contributed by atoms with Gasteiger partial charge in [-0.2, -0.15) is 0 Å². The standard InChI is InChI=1S/C15H16BrNO2S/c1-9-6-12(20-10(9)2)8-17-15(18)13-7-11(19-3)4-5-14(13)16/h4-7H,8H2,1-3H3,(H,17,18). The number of hydrogen-bond acceptors (Lipinski definition) is 3. The molecule has 0 fully saturated rings. The number of thiophene rings is 1. The molecule has 106 valence electrons. The molecule has 0 radical (unpaired) electrons. The molecule has 1 heterocycles. The van der Waals surface area contributed by atoms with Crippen LogP contribution in [0.1, 0.15) is 25.7 Å². The summed E-state index contributed by atoms with van der Waals surface area (Å²) in [5, 5.41) is 2.93. The number of aryl methyl sites for hydroxylation is 2. The number of methoxy groups -OCH3 is 1. The molecule has 0 atom stereocenters. The fourth-order valence-electron chi connectivity index (χ4n) is 1.80. The molecule has 1 aromatic carbocycles. The molecule has 0 saturated heterocycles. The van der Waals surface area contributed by atoms with Crippen LogP contribution in [0, 0.1) is 13.8 Å². The van der Waals surface area contributed by atoms with E-state index in [9.17, 15) is 4.79 Å². The van der Waals surface area contributed by atoms with Crippen molar-refractivity contribution < 1.29 is 9.53 Å². The van der Waals surface area contributed by atoms with Crippen molar-refractivity contribution in [3.8, 4) is 5.75 Å². The molecule has 3 nitrogen and oxygen atoms in total. The molecule has 2 aromatic rings. The fraction of sp³-hybridized carbons (Fsp3) is 0.267. The molecule has 0 saturated carbocycles. The van der Waals surface area contributed by atoms with Crippen LogP contribution in [-0.4, -0.2) is 13.0 Å². The number of carbonyl (C=O) groups is 1. The highest BCUT2D eigenvalue weighted by Gasteiger charge is 2.12. The monoisotopic (exact) mass is 353 g/mol. The molecule has 1 aromatic heterocycles. The topological polar surface area (TPSA) is 38.3 Å². The van der Waals surface area contributed by atoms with E-state index in [1.165, 1.54) is 10.4 Å². The first-order valence-corrected chi connectivity index (χ1v) is 7.80. The second-order valence-electron chi connectivity index (χ2n) is 4.48. The molecule has 0 spiro atoms. The van der Waals surface area contributed by atoms with E-state index in [-0.39, 0.29) is 5.91 Å². The summed E-state index contributed by atoms with van der Waals surface area (Å²) in [5.74, 6) is 0.556. The number of benzene rings is 1. The molecule has 0 unspecified atom stereocenters. The number of hydrogen-bond donors (Lipinski definition) is 1. The number of amides is 1. The van der Waals surface area contributed by atoms with Crippen molar-refractivity contribution in [3.63, 3.8) is 0 Å². The number of ether oxygens (including phenoxy) is 1. The zero-order valence-electron chi connectivity index (χ0n) is 11.6. The van der Waals surface area contributed by atoms with Crippen LogP contribution in [-0.2, 0) is 6.54 Å². The minimum Gasteiger partial charge on any atom is -0.497 e. The lowest BCUT2D eigenvalue weighted by Crippen LogP contribution is -2.22. The van der Waals surface area contributed by atoms with Crippen LogP contribution in [0.3, 0.4) is 0 Å². The Morgan fingerprint density at radius 1 is 1.35 bits per heavy atom. The van der Waals surface area contributed by atoms with Crippen molar-refractivity contribution in [1.82, 2.24) is 5.32 Å². The SMILES string of the molecule is COc1ccc(Br)c(C(=O)NCc2cc(C)c(C)s2)c1. The van der Waals surface area contributed by atoms with E-state index >= 15 is 0 Å². The second-order valence-corrected chi connectivity index (χ2v) is 6.68. The predicted molar refractivity (Wildman–Crippen MR) is 85.7 cm³/mol. The Hall–Kier alpha value is -1.33. The maximum Gasteiger partial charge on any atom is 0.252 e. The predicted octanol–water partition coefficient (Wildman–Crippen LogP) is 4.07. The maximum absolute atomic E-state index is 12.2. The highest BCUT2D eigenvalue weighted by molar-refractivity contribution is 9.10. The fourth-order valence-corrected chi connectivity index (χ4v) is 3.22. The summed E-state index contributed by atoms with van der Waals surface area (Å²) in [6.07, 6.45) is 0. The van der Waals surface area contributed by atoms with Gasteiger partial charge in [0, 0.05) is 14.2 Å². The molecule has 0 aliphatic rings. The van der Waals surface area contributed by atoms with Gasteiger partial charge >= 0.3 is 0 Å². The van der Waals surface area contributed by atoms with Crippen molar-refractivity contribution in [1.29, 1.82) is 0 Å². The Morgan fingerprint density at radius 2 is 2.10 bits per heavy atom. The highest BCUT2D eigenvalue weighted by atomic mass is 79.9. The molecular formula is C15H16BrNO2S. The Bertz CT molecular complexity index is 617. The molecular weight excluding hydrogens is 338 g/mol. The van der Waals surface area contributed by atoms with Crippen LogP contribution in [0.2, 0.25) is 0 Å². The van der Waals surface area contributed by atoms with Crippen LogP contribution in [0.5, 0.6) is 5.75 Å². The van der Waals surface area contributed by atoms with Gasteiger partial charge in [-0.1, -0.05) is 0 Å². The zero-order valence-corrected chi connectivity index (χ0v) is 14.0. The number of nitrogens with one attached hydrogen (secondary N) is 1. The highest BCUT2D eigenvalue weighted by Crippen LogP contribution is 2.23. The number of rotatable bonds is 4. The van der Waals surface area contributed by atoms with Gasteiger partial charge in [-0.05, 0) is 59.6 Å². The van der Waals surface area contributed by atoms with Gasteiger partial charge in [0.15, 0.2) is 0 Å². The Morgan fingerprint density at radius 3 is 2.70 bits per heavy atom. The summed E-state index contributed by atoms with van der Waals surface area (Å²) in [6.45, 7) is 4.71. The van der Waals surface area contributed by atoms with Crippen molar-refractivity contribution in [2.45, 2.75) is 20.4 Å². The molecule has 2 rings (SSSR count). The summed E-state index contributed by atoms with van der Waals surface area (Å²) in [7, 11) is 1.59. The molecule has 0 aliphatic carbocycles. The zero-order chi connectivity index (χ0) is 14.7. The molecule has 1 amide bonds. The first-order valence-electron chi connectivity index (χ1n) is 6.19. The van der Waals surface area contributed by atoms with Crippen molar-refractivity contribution in [2.75, 3.05) is 7.11 Å². The average Bonchev–Trinajstić information content (AvgIpc) is 2.76. The number of halogens is 1. The van der Waals surface area contributed by atoms with E-state index in [4.69, 9.17) is 4.74 Å². The van der Waals surface area contributed by atoms with Crippen molar-refractivity contribution >= 4 is 33.2 Å². The van der Waals surface area contributed by atoms with E-state index in [1.54, 1.807) is 24.5 Å². The molecule has 1 N–H and O–H groups in total. The summed E-state index contributed by atoms with van der Waals surface area (Å²) >= 11 is 5.10. The van der Waals surface area contributed by atoms with Gasteiger partial charge in [-0.3, -0.25) is 4.79 Å². The Kier molecular flexibility index (Phi) is 4.83. The van der Waals surface area contributed by atoms with Gasteiger partial charge in [-0.15, -0.1) is 11.3 Å². The molecule has 0 bridgehead atoms. The normalized spacial score (nSPS) is 10.4. The minimum absolute atomic E-state index is 0.112. The van der Waals surface area contributed by atoms with Gasteiger partial charge in [0.05, 0.1) is 19.2 Å². The third kappa shape index (κ3) is 3.41. The molecule has 0 aliphatic heterocycles. The van der Waals surface area contributed by atoms with E-state index in [0.717, 1.165) is 9.35 Å². The lowest BCUT2D eigenvalue weighted by atomic mass is 10.2. The van der Waals surface area contributed by atoms with Crippen LogP contribution in [0.4, 0.5) is 0 Å². The van der Waals surface area contributed by atoms with E-state index < -0.39 is 0 Å². The van der Waals surface area contributed by atoms with Crippen molar-refractivity contribution in [3.05, 3.63) is 49.6 Å². The summed E-state index contributed by atoms with van der Waals surface area (Å²) in [6, 6.07) is 7.46. The molecule has 20 heavy (non-hydrogen) atoms. The molecule has 5 heteroatoms. The lowest BCUT2D eigenvalue weighted by molar-refractivity contribution is 0.0950. The lowest BCUT2D eigenvalue weighted by Gasteiger charge is -2.08. The third-order valence-electron chi connectivity index (χ3n) is 3.06. The second kappa shape index (κ2) is 6.41. The van der Waals surface area contributed by atoms with Gasteiger partial charge in [-0.25, -0.2) is 0 Å². The van der Waals surface area contributed by atoms with E-state index in [1.807, 2.05) is 12.1 Å². The van der Waals surface area contributed by atoms with Gasteiger partial charge in [0.1, 0.15) is 5.75 Å². The van der Waals surface area contributed by atoms with Gasteiger partial charge in [0.25, 0.3) is 5.91 Å².